The molecule has 1 aromatic heterocycles. The number of hydrogen-bond acceptors (Lipinski definition) is 4. The predicted molar refractivity (Wildman–Crippen MR) is 51.5 cm³/mol. The quantitative estimate of drug-likeness (QED) is 0.821. The Hall–Kier alpha value is -1.97. The summed E-state index contributed by atoms with van der Waals surface area (Å²) in [6.07, 6.45) is -5.14. The standard InChI is InChI=1S/C10H9F3N2O2/c1-6-5-8(16-2)9(17-10(11,12)13)7(15-6)3-4-14/h5H,3H2,1-2H3. The lowest BCUT2D eigenvalue weighted by atomic mass is 10.2. The summed E-state index contributed by atoms with van der Waals surface area (Å²) < 4.78 is 45.2. The molecule has 0 saturated heterocycles. The van der Waals surface area contributed by atoms with Gasteiger partial charge in [-0.25, -0.2) is 0 Å². The molecular weight excluding hydrogens is 237 g/mol. The van der Waals surface area contributed by atoms with Crippen LogP contribution >= 0.6 is 0 Å². The van der Waals surface area contributed by atoms with E-state index >= 15 is 0 Å². The number of aryl methyl sites for hydroxylation is 1. The number of hydrogen-bond donors (Lipinski definition) is 0. The maximum Gasteiger partial charge on any atom is 0.573 e. The van der Waals surface area contributed by atoms with Crippen LogP contribution in [0.15, 0.2) is 6.07 Å². The van der Waals surface area contributed by atoms with E-state index in [1.807, 2.05) is 0 Å². The van der Waals surface area contributed by atoms with Crippen molar-refractivity contribution in [2.75, 3.05) is 7.11 Å². The van der Waals surface area contributed by atoms with Gasteiger partial charge in [0.1, 0.15) is 5.69 Å². The number of alkyl halides is 3. The van der Waals surface area contributed by atoms with E-state index in [1.165, 1.54) is 13.2 Å². The van der Waals surface area contributed by atoms with Crippen molar-refractivity contribution in [3.8, 4) is 17.6 Å². The van der Waals surface area contributed by atoms with Crippen LogP contribution in [0.2, 0.25) is 0 Å². The molecule has 17 heavy (non-hydrogen) atoms. The molecule has 0 aliphatic heterocycles. The van der Waals surface area contributed by atoms with Crippen molar-refractivity contribution in [1.82, 2.24) is 4.98 Å². The average Bonchev–Trinajstić information content (AvgIpc) is 2.20. The summed E-state index contributed by atoms with van der Waals surface area (Å²) in [4.78, 5) is 3.83. The fourth-order valence-electron chi connectivity index (χ4n) is 1.26. The van der Waals surface area contributed by atoms with E-state index in [0.29, 0.717) is 5.69 Å². The fourth-order valence-corrected chi connectivity index (χ4v) is 1.26. The molecule has 1 heterocycles. The first-order valence-electron chi connectivity index (χ1n) is 4.54. The molecule has 0 radical (unpaired) electrons. The lowest BCUT2D eigenvalue weighted by Gasteiger charge is -2.15. The minimum atomic E-state index is -4.85. The maximum absolute atomic E-state index is 12.2. The zero-order valence-corrected chi connectivity index (χ0v) is 9.13. The first-order valence-corrected chi connectivity index (χ1v) is 4.54. The second-order valence-electron chi connectivity index (χ2n) is 3.12. The SMILES string of the molecule is COc1cc(C)nc(CC#N)c1OC(F)(F)F. The normalized spacial score (nSPS) is 10.8. The second-order valence-corrected chi connectivity index (χ2v) is 3.12. The highest BCUT2D eigenvalue weighted by Gasteiger charge is 2.34. The molecule has 0 aliphatic rings. The molecule has 4 nitrogen and oxygen atoms in total. The lowest BCUT2D eigenvalue weighted by Crippen LogP contribution is -2.19. The summed E-state index contributed by atoms with van der Waals surface area (Å²) in [6, 6.07) is 3.03. The summed E-state index contributed by atoms with van der Waals surface area (Å²) in [5, 5.41) is 8.53. The van der Waals surface area contributed by atoms with E-state index in [4.69, 9.17) is 10.00 Å². The number of nitriles is 1. The number of rotatable bonds is 3. The third-order valence-electron chi connectivity index (χ3n) is 1.82. The van der Waals surface area contributed by atoms with Crippen molar-refractivity contribution in [3.05, 3.63) is 17.5 Å². The number of halogens is 3. The molecule has 1 aromatic rings. The first-order chi connectivity index (χ1) is 7.87. The second kappa shape index (κ2) is 4.91. The molecule has 0 amide bonds. The molecule has 0 aliphatic carbocycles. The monoisotopic (exact) mass is 246 g/mol. The number of methoxy groups -OCH3 is 1. The number of pyridine rings is 1. The minimum Gasteiger partial charge on any atom is -0.493 e. The highest BCUT2D eigenvalue weighted by atomic mass is 19.4. The van der Waals surface area contributed by atoms with Crippen molar-refractivity contribution in [2.45, 2.75) is 19.7 Å². The van der Waals surface area contributed by atoms with Gasteiger partial charge in [-0.15, -0.1) is 13.2 Å². The molecule has 7 heteroatoms. The predicted octanol–water partition coefficient (Wildman–Crippen LogP) is 2.36. The van der Waals surface area contributed by atoms with Crippen molar-refractivity contribution >= 4 is 0 Å². The molecule has 92 valence electrons. The largest absolute Gasteiger partial charge is 0.573 e. The average molecular weight is 246 g/mol. The zero-order chi connectivity index (χ0) is 13.1. The molecule has 0 atom stereocenters. The van der Waals surface area contributed by atoms with Crippen molar-refractivity contribution in [3.63, 3.8) is 0 Å². The lowest BCUT2D eigenvalue weighted by molar-refractivity contribution is -0.275. The van der Waals surface area contributed by atoms with E-state index in [-0.39, 0.29) is 17.9 Å². The number of aromatic nitrogens is 1. The zero-order valence-electron chi connectivity index (χ0n) is 9.13. The van der Waals surface area contributed by atoms with Gasteiger partial charge >= 0.3 is 6.36 Å². The van der Waals surface area contributed by atoms with Crippen LogP contribution in [0, 0.1) is 18.3 Å². The highest BCUT2D eigenvalue weighted by Crippen LogP contribution is 2.35. The Morgan fingerprint density at radius 3 is 2.59 bits per heavy atom. The third kappa shape index (κ3) is 3.52. The van der Waals surface area contributed by atoms with Crippen LogP contribution in [0.5, 0.6) is 11.5 Å². The third-order valence-corrected chi connectivity index (χ3v) is 1.82. The topological polar surface area (TPSA) is 55.1 Å². The Kier molecular flexibility index (Phi) is 3.78. The Balaban J connectivity index is 3.27. The van der Waals surface area contributed by atoms with Crippen LogP contribution in [0.25, 0.3) is 0 Å². The van der Waals surface area contributed by atoms with Gasteiger partial charge in [-0.3, -0.25) is 4.98 Å². The molecular formula is C10H9F3N2O2. The molecule has 0 unspecified atom stereocenters. The Morgan fingerprint density at radius 2 is 2.12 bits per heavy atom. The van der Waals surface area contributed by atoms with Crippen molar-refractivity contribution in [1.29, 1.82) is 5.26 Å². The van der Waals surface area contributed by atoms with Gasteiger partial charge < -0.3 is 9.47 Å². The molecule has 0 spiro atoms. The highest BCUT2D eigenvalue weighted by molar-refractivity contribution is 5.45. The Labute approximate surface area is 95.6 Å². The smallest absolute Gasteiger partial charge is 0.493 e. The van der Waals surface area contributed by atoms with Crippen LogP contribution in [-0.4, -0.2) is 18.5 Å². The van der Waals surface area contributed by atoms with Crippen LogP contribution < -0.4 is 9.47 Å². The van der Waals surface area contributed by atoms with Crippen LogP contribution in [0.4, 0.5) is 13.2 Å². The summed E-state index contributed by atoms with van der Waals surface area (Å²) in [5.41, 5.74) is 0.350. The van der Waals surface area contributed by atoms with Gasteiger partial charge in [-0.1, -0.05) is 0 Å². The van der Waals surface area contributed by atoms with E-state index in [0.717, 1.165) is 0 Å². The molecule has 0 aromatic carbocycles. The summed E-state index contributed by atoms with van der Waals surface area (Å²) in [6.45, 7) is 1.58. The van der Waals surface area contributed by atoms with E-state index in [2.05, 4.69) is 9.72 Å². The summed E-state index contributed by atoms with van der Waals surface area (Å²) >= 11 is 0. The molecule has 0 saturated carbocycles. The summed E-state index contributed by atoms with van der Waals surface area (Å²) in [7, 11) is 1.22. The molecule has 0 fully saturated rings. The van der Waals surface area contributed by atoms with Gasteiger partial charge in [0.05, 0.1) is 19.6 Å². The number of ether oxygens (including phenoxy) is 2. The van der Waals surface area contributed by atoms with Gasteiger partial charge in [-0.2, -0.15) is 5.26 Å². The molecule has 0 bridgehead atoms. The summed E-state index contributed by atoms with van der Waals surface area (Å²) in [5.74, 6) is -0.660. The van der Waals surface area contributed by atoms with Crippen molar-refractivity contribution < 1.29 is 22.6 Å². The molecule has 1 rings (SSSR count). The number of nitrogens with zero attached hydrogens (tertiary/aromatic N) is 2. The van der Waals surface area contributed by atoms with Gasteiger partial charge in [0, 0.05) is 11.8 Å². The van der Waals surface area contributed by atoms with E-state index < -0.39 is 12.1 Å². The Bertz CT molecular complexity index is 452. The van der Waals surface area contributed by atoms with Gasteiger partial charge in [0.15, 0.2) is 11.5 Å². The van der Waals surface area contributed by atoms with Gasteiger partial charge in [0.25, 0.3) is 0 Å². The van der Waals surface area contributed by atoms with Gasteiger partial charge in [-0.05, 0) is 6.92 Å². The maximum atomic E-state index is 12.2. The van der Waals surface area contributed by atoms with E-state index in [1.54, 1.807) is 13.0 Å². The minimum absolute atomic E-state index is 0.0957. The fraction of sp³-hybridized carbons (Fsp3) is 0.400. The van der Waals surface area contributed by atoms with Crippen LogP contribution in [0.3, 0.4) is 0 Å². The van der Waals surface area contributed by atoms with Crippen molar-refractivity contribution in [2.24, 2.45) is 0 Å². The Morgan fingerprint density at radius 1 is 1.47 bits per heavy atom. The first kappa shape index (κ1) is 13.1. The van der Waals surface area contributed by atoms with Crippen LogP contribution in [-0.2, 0) is 6.42 Å². The van der Waals surface area contributed by atoms with E-state index in [9.17, 15) is 13.2 Å². The van der Waals surface area contributed by atoms with Gasteiger partial charge in [0.2, 0.25) is 0 Å². The molecule has 0 N–H and O–H groups in total. The van der Waals surface area contributed by atoms with Crippen LogP contribution in [0.1, 0.15) is 11.4 Å².